The predicted molar refractivity (Wildman–Crippen MR) is 112 cm³/mol. The number of rotatable bonds is 3. The topological polar surface area (TPSA) is 47.2 Å². The minimum atomic E-state index is -4.66. The van der Waals surface area contributed by atoms with Crippen molar-refractivity contribution in [3.8, 4) is 0 Å². The fourth-order valence-electron chi connectivity index (χ4n) is 3.08. The summed E-state index contributed by atoms with van der Waals surface area (Å²) >= 11 is 2.43. The van der Waals surface area contributed by atoms with E-state index in [0.717, 1.165) is 39.7 Å². The number of halogens is 4. The molecule has 0 aliphatic carbocycles. The van der Waals surface area contributed by atoms with Crippen LogP contribution in [0.25, 0.3) is 17.0 Å². The molecule has 1 aromatic heterocycles. The van der Waals surface area contributed by atoms with Gasteiger partial charge in [-0.15, -0.1) is 11.8 Å². The summed E-state index contributed by atoms with van der Waals surface area (Å²) in [6, 6.07) is 8.02. The summed E-state index contributed by atoms with van der Waals surface area (Å²) in [6.45, 7) is -0.145. The van der Waals surface area contributed by atoms with E-state index in [1.54, 1.807) is 12.3 Å². The number of hydrogen-bond acceptors (Lipinski definition) is 4. The first-order chi connectivity index (χ1) is 14.2. The highest BCUT2D eigenvalue weighted by Crippen LogP contribution is 2.34. The molecule has 4 nitrogen and oxygen atoms in total. The lowest BCUT2D eigenvalue weighted by Crippen LogP contribution is -2.12. The Morgan fingerprint density at radius 1 is 1.20 bits per heavy atom. The van der Waals surface area contributed by atoms with E-state index in [2.05, 4.69) is 10.1 Å². The highest BCUT2D eigenvalue weighted by molar-refractivity contribution is 8.24. The molecule has 3 aromatic rings. The second-order valence-electron chi connectivity index (χ2n) is 6.44. The molecule has 10 heteroatoms. The van der Waals surface area contributed by atoms with E-state index >= 15 is 0 Å². The van der Waals surface area contributed by atoms with Crippen LogP contribution in [0.1, 0.15) is 16.7 Å². The van der Waals surface area contributed by atoms with Gasteiger partial charge in [0.05, 0.1) is 22.5 Å². The SMILES string of the molecule is CSC1=NC(=O)S/C1=C\c1ccc2nn(Cc3ccc(F)cc3C(F)(F)F)cc2c1. The number of hydrogen-bond donors (Lipinski definition) is 0. The van der Waals surface area contributed by atoms with Gasteiger partial charge in [-0.25, -0.2) is 4.39 Å². The second-order valence-corrected chi connectivity index (χ2v) is 8.23. The van der Waals surface area contributed by atoms with Gasteiger partial charge in [0.15, 0.2) is 0 Å². The van der Waals surface area contributed by atoms with Gasteiger partial charge in [-0.3, -0.25) is 9.48 Å². The summed E-state index contributed by atoms with van der Waals surface area (Å²) in [5.74, 6) is -0.939. The Bertz CT molecular complexity index is 1210. The van der Waals surface area contributed by atoms with Crippen molar-refractivity contribution in [1.82, 2.24) is 9.78 Å². The average Bonchev–Trinajstić information content (AvgIpc) is 3.24. The first-order valence-corrected chi connectivity index (χ1v) is 10.7. The van der Waals surface area contributed by atoms with Crippen molar-refractivity contribution in [2.24, 2.45) is 4.99 Å². The zero-order valence-electron chi connectivity index (χ0n) is 15.4. The normalized spacial score (nSPS) is 16.0. The van der Waals surface area contributed by atoms with Crippen LogP contribution >= 0.6 is 23.5 Å². The van der Waals surface area contributed by atoms with Gasteiger partial charge in [0, 0.05) is 11.6 Å². The Morgan fingerprint density at radius 3 is 2.73 bits per heavy atom. The Kier molecular flexibility index (Phi) is 5.46. The molecule has 0 saturated carbocycles. The number of benzene rings is 2. The number of carbonyl (C=O) groups is 1. The van der Waals surface area contributed by atoms with Crippen LogP contribution in [0.4, 0.5) is 22.4 Å². The third kappa shape index (κ3) is 4.29. The van der Waals surface area contributed by atoms with Crippen molar-refractivity contribution in [2.75, 3.05) is 6.26 Å². The van der Waals surface area contributed by atoms with Gasteiger partial charge in [0.2, 0.25) is 0 Å². The van der Waals surface area contributed by atoms with E-state index in [9.17, 15) is 22.4 Å². The Balaban J connectivity index is 1.65. The summed E-state index contributed by atoms with van der Waals surface area (Å²) in [5, 5.41) is 5.44. The molecule has 154 valence electrons. The van der Waals surface area contributed by atoms with Gasteiger partial charge in [0.25, 0.3) is 0 Å². The monoisotopic (exact) mass is 451 g/mol. The van der Waals surface area contributed by atoms with Crippen molar-refractivity contribution in [3.63, 3.8) is 0 Å². The van der Waals surface area contributed by atoms with E-state index in [1.807, 2.05) is 24.5 Å². The van der Waals surface area contributed by atoms with E-state index in [0.29, 0.717) is 16.6 Å². The number of aromatic nitrogens is 2. The number of thioether (sulfide) groups is 2. The van der Waals surface area contributed by atoms with Crippen molar-refractivity contribution >= 4 is 50.8 Å². The maximum atomic E-state index is 13.3. The van der Waals surface area contributed by atoms with Crippen molar-refractivity contribution in [3.05, 3.63) is 70.0 Å². The molecule has 0 N–H and O–H groups in total. The third-order valence-electron chi connectivity index (χ3n) is 4.38. The Labute approximate surface area is 177 Å². The number of nitrogens with zero attached hydrogens (tertiary/aromatic N) is 3. The zero-order valence-corrected chi connectivity index (χ0v) is 17.0. The molecule has 0 atom stereocenters. The number of aliphatic imine (C=N–C) groups is 1. The highest BCUT2D eigenvalue weighted by Gasteiger charge is 2.33. The average molecular weight is 451 g/mol. The first-order valence-electron chi connectivity index (χ1n) is 8.62. The van der Waals surface area contributed by atoms with Crippen molar-refractivity contribution < 1.29 is 22.4 Å². The highest BCUT2D eigenvalue weighted by atomic mass is 32.2. The number of fused-ring (bicyclic) bond motifs is 1. The lowest BCUT2D eigenvalue weighted by Gasteiger charge is -2.12. The van der Waals surface area contributed by atoms with E-state index < -0.39 is 17.6 Å². The van der Waals surface area contributed by atoms with E-state index in [-0.39, 0.29) is 17.3 Å². The van der Waals surface area contributed by atoms with Gasteiger partial charge < -0.3 is 0 Å². The lowest BCUT2D eigenvalue weighted by molar-refractivity contribution is -0.138. The molecule has 2 heterocycles. The second kappa shape index (κ2) is 7.92. The third-order valence-corrected chi connectivity index (χ3v) is 6.00. The molecule has 0 spiro atoms. The summed E-state index contributed by atoms with van der Waals surface area (Å²) in [4.78, 5) is 16.2. The minimum absolute atomic E-state index is 0.0688. The number of alkyl halides is 3. The minimum Gasteiger partial charge on any atom is -0.267 e. The molecule has 0 radical (unpaired) electrons. The van der Waals surface area contributed by atoms with Gasteiger partial charge >= 0.3 is 11.4 Å². The standard InChI is InChI=1S/C20H13F4N3OS2/c1-29-18-17(30-19(28)25-18)7-11-2-5-16-13(6-11)10-27(26-16)9-12-3-4-14(21)8-15(12)20(22,23)24/h2-8,10H,9H2,1H3/b17-7-. The van der Waals surface area contributed by atoms with E-state index in [4.69, 9.17) is 0 Å². The summed E-state index contributed by atoms with van der Waals surface area (Å²) in [6.07, 6.45) is 0.654. The van der Waals surface area contributed by atoms with Gasteiger partial charge in [-0.05, 0) is 59.5 Å². The maximum Gasteiger partial charge on any atom is 0.416 e. The molecule has 0 unspecified atom stereocenters. The van der Waals surface area contributed by atoms with E-state index in [1.165, 1.54) is 16.4 Å². The number of amides is 1. The summed E-state index contributed by atoms with van der Waals surface area (Å²) in [7, 11) is 0. The van der Waals surface area contributed by atoms with Crippen molar-refractivity contribution in [1.29, 1.82) is 0 Å². The van der Waals surface area contributed by atoms with Gasteiger partial charge in [-0.2, -0.15) is 23.3 Å². The smallest absolute Gasteiger partial charge is 0.267 e. The molecule has 1 aliphatic heterocycles. The molecule has 30 heavy (non-hydrogen) atoms. The summed E-state index contributed by atoms with van der Waals surface area (Å²) < 4.78 is 54.4. The van der Waals surface area contributed by atoms with Crippen LogP contribution in [0.15, 0.2) is 52.5 Å². The van der Waals surface area contributed by atoms with Crippen molar-refractivity contribution in [2.45, 2.75) is 12.7 Å². The maximum absolute atomic E-state index is 13.3. The summed E-state index contributed by atoms with van der Waals surface area (Å²) in [5.41, 5.74) is 0.348. The van der Waals surface area contributed by atoms with Crippen LogP contribution in [0.3, 0.4) is 0 Å². The lowest BCUT2D eigenvalue weighted by atomic mass is 10.1. The van der Waals surface area contributed by atoms with Gasteiger partial charge in [-0.1, -0.05) is 12.1 Å². The number of carbonyl (C=O) groups excluding carboxylic acids is 1. The Morgan fingerprint density at radius 2 is 2.00 bits per heavy atom. The predicted octanol–water partition coefficient (Wildman–Crippen LogP) is 6.21. The first kappa shape index (κ1) is 20.7. The molecular formula is C20H13F4N3OS2. The molecule has 0 saturated heterocycles. The Hall–Kier alpha value is -2.59. The van der Waals surface area contributed by atoms with Gasteiger partial charge in [0.1, 0.15) is 10.9 Å². The molecule has 2 aromatic carbocycles. The largest absolute Gasteiger partial charge is 0.416 e. The fraction of sp³-hybridized carbons (Fsp3) is 0.150. The van der Waals surface area contributed by atoms with Crippen LogP contribution in [0.2, 0.25) is 0 Å². The van der Waals surface area contributed by atoms with Crippen LogP contribution in [0, 0.1) is 5.82 Å². The molecule has 0 fully saturated rings. The molecule has 1 aliphatic rings. The van der Waals surface area contributed by atoms with Crippen LogP contribution in [-0.2, 0) is 12.7 Å². The molecular weight excluding hydrogens is 438 g/mol. The van der Waals surface area contributed by atoms with Crippen LogP contribution in [-0.4, -0.2) is 26.3 Å². The molecule has 1 amide bonds. The molecule has 4 rings (SSSR count). The van der Waals surface area contributed by atoms with Crippen LogP contribution in [0.5, 0.6) is 0 Å². The zero-order chi connectivity index (χ0) is 21.5. The van der Waals surface area contributed by atoms with Crippen LogP contribution < -0.4 is 0 Å². The quantitative estimate of drug-likeness (QED) is 0.444. The molecule has 0 bridgehead atoms. The fourth-order valence-corrected chi connectivity index (χ4v) is 4.60.